The van der Waals surface area contributed by atoms with Crippen LogP contribution in [0.3, 0.4) is 0 Å². The smallest absolute Gasteiger partial charge is 0.346 e. The Balaban J connectivity index is 1.40. The van der Waals surface area contributed by atoms with Crippen molar-refractivity contribution in [3.8, 4) is 11.5 Å². The molecule has 0 atom stereocenters. The van der Waals surface area contributed by atoms with E-state index in [-0.39, 0.29) is 17.4 Å². The van der Waals surface area contributed by atoms with Crippen LogP contribution in [0.4, 0.5) is 30.5 Å². The first kappa shape index (κ1) is 22.7. The number of likely N-dealkylation sites (tertiary alicyclic amines) is 1. The third kappa shape index (κ3) is 5.22. The summed E-state index contributed by atoms with van der Waals surface area (Å²) in [6.07, 6.45) is 0.800. The fourth-order valence-electron chi connectivity index (χ4n) is 3.91. The topological polar surface area (TPSA) is 112 Å². The van der Waals surface area contributed by atoms with Crippen molar-refractivity contribution in [1.82, 2.24) is 29.8 Å². The summed E-state index contributed by atoms with van der Waals surface area (Å²) in [5.74, 6) is 0.621. The zero-order chi connectivity index (χ0) is 24.4. The number of H-pyrrole nitrogens is 1. The number of carbonyl (C=O) groups is 1. The molecule has 4 aromatic heterocycles. The van der Waals surface area contributed by atoms with Crippen LogP contribution in [0.15, 0.2) is 48.8 Å². The Morgan fingerprint density at radius 1 is 1.09 bits per heavy atom. The molecule has 0 bridgehead atoms. The summed E-state index contributed by atoms with van der Waals surface area (Å²) in [7, 11) is 0. The maximum absolute atomic E-state index is 13.1. The normalized spacial score (nSPS) is 14.4. The van der Waals surface area contributed by atoms with Crippen molar-refractivity contribution < 1.29 is 18.0 Å². The number of anilines is 3. The second-order valence-electron chi connectivity index (χ2n) is 8.13. The molecular weight excluding hydrogens is 461 g/mol. The molecule has 5 rings (SSSR count). The third-order valence-electron chi connectivity index (χ3n) is 5.54. The van der Waals surface area contributed by atoms with Crippen molar-refractivity contribution >= 4 is 34.3 Å². The van der Waals surface area contributed by atoms with E-state index in [0.717, 1.165) is 32.0 Å². The van der Waals surface area contributed by atoms with Gasteiger partial charge in [-0.15, -0.1) is 0 Å². The lowest BCUT2D eigenvalue weighted by Gasteiger charge is -2.14. The van der Waals surface area contributed by atoms with Gasteiger partial charge in [0, 0.05) is 24.1 Å². The van der Waals surface area contributed by atoms with Crippen molar-refractivity contribution in [1.29, 1.82) is 0 Å². The molecule has 0 aromatic carbocycles. The Kier molecular flexibility index (Phi) is 6.03. The first-order valence-electron chi connectivity index (χ1n) is 11.0. The molecule has 4 aromatic rings. The standard InChI is InChI=1S/C23H21F3N8O/c24-23(25,26)17-5-3-4-16(30-17)22-32-20-15(7-9-28-20)21(33-22)29-14-6-8-27-18(12-14)31-19(35)13-34-10-1-2-11-34/h3-9,12H,1-2,10-11,13H2,(H3,27,28,29,31,32,33,35). The van der Waals surface area contributed by atoms with Gasteiger partial charge in [0.2, 0.25) is 5.91 Å². The second-order valence-corrected chi connectivity index (χ2v) is 8.13. The van der Waals surface area contributed by atoms with Crippen molar-refractivity contribution in [3.05, 3.63) is 54.5 Å². The number of amides is 1. The Bertz CT molecular complexity index is 1360. The summed E-state index contributed by atoms with van der Waals surface area (Å²) in [5, 5.41) is 6.59. The van der Waals surface area contributed by atoms with Gasteiger partial charge in [-0.2, -0.15) is 13.2 Å². The van der Waals surface area contributed by atoms with Gasteiger partial charge < -0.3 is 15.6 Å². The van der Waals surface area contributed by atoms with Crippen LogP contribution in [0.5, 0.6) is 0 Å². The summed E-state index contributed by atoms with van der Waals surface area (Å²) in [6, 6.07) is 8.68. The van der Waals surface area contributed by atoms with E-state index in [9.17, 15) is 18.0 Å². The highest BCUT2D eigenvalue weighted by atomic mass is 19.4. The number of alkyl halides is 3. The molecule has 0 radical (unpaired) electrons. The monoisotopic (exact) mass is 482 g/mol. The predicted molar refractivity (Wildman–Crippen MR) is 124 cm³/mol. The average Bonchev–Trinajstić information content (AvgIpc) is 3.51. The number of nitrogens with one attached hydrogen (secondary N) is 3. The minimum absolute atomic E-state index is 0.0102. The van der Waals surface area contributed by atoms with Crippen molar-refractivity contribution in [2.45, 2.75) is 19.0 Å². The molecule has 0 aliphatic carbocycles. The molecule has 9 nitrogen and oxygen atoms in total. The molecule has 180 valence electrons. The largest absolute Gasteiger partial charge is 0.433 e. The zero-order valence-electron chi connectivity index (χ0n) is 18.4. The molecule has 5 heterocycles. The first-order valence-corrected chi connectivity index (χ1v) is 11.0. The molecule has 1 aliphatic rings. The highest BCUT2D eigenvalue weighted by Crippen LogP contribution is 2.30. The minimum Gasteiger partial charge on any atom is -0.346 e. The number of fused-ring (bicyclic) bond motifs is 1. The Labute approximate surface area is 197 Å². The molecule has 1 fully saturated rings. The summed E-state index contributed by atoms with van der Waals surface area (Å²) in [5.41, 5.74) is -0.0161. The lowest BCUT2D eigenvalue weighted by molar-refractivity contribution is -0.141. The van der Waals surface area contributed by atoms with Crippen molar-refractivity contribution in [2.24, 2.45) is 0 Å². The zero-order valence-corrected chi connectivity index (χ0v) is 18.4. The van der Waals surface area contributed by atoms with Crippen LogP contribution in [0.25, 0.3) is 22.6 Å². The van der Waals surface area contributed by atoms with Crippen LogP contribution in [-0.2, 0) is 11.0 Å². The lowest BCUT2D eigenvalue weighted by atomic mass is 10.2. The molecule has 0 unspecified atom stereocenters. The molecule has 1 saturated heterocycles. The van der Waals surface area contributed by atoms with Crippen LogP contribution in [0, 0.1) is 0 Å². The number of hydrogen-bond acceptors (Lipinski definition) is 7. The maximum Gasteiger partial charge on any atom is 0.433 e. The number of pyridine rings is 2. The van der Waals surface area contributed by atoms with Gasteiger partial charge in [0.15, 0.2) is 5.82 Å². The second kappa shape index (κ2) is 9.29. The van der Waals surface area contributed by atoms with Gasteiger partial charge in [-0.1, -0.05) is 6.07 Å². The van der Waals surface area contributed by atoms with Crippen LogP contribution in [0.1, 0.15) is 18.5 Å². The number of aromatic amines is 1. The number of aromatic nitrogens is 5. The van der Waals surface area contributed by atoms with E-state index >= 15 is 0 Å². The molecular formula is C23H21F3N8O. The molecule has 3 N–H and O–H groups in total. The SMILES string of the molecule is O=C(CN1CCCC1)Nc1cc(Nc2nc(-c3cccc(C(F)(F)F)n3)nc3[nH]ccc23)ccn1. The van der Waals surface area contributed by atoms with Crippen LogP contribution in [-0.4, -0.2) is 55.4 Å². The maximum atomic E-state index is 13.1. The fourth-order valence-corrected chi connectivity index (χ4v) is 3.91. The number of rotatable bonds is 6. The molecule has 0 spiro atoms. The van der Waals surface area contributed by atoms with E-state index < -0.39 is 11.9 Å². The molecule has 1 amide bonds. The molecule has 1 aliphatic heterocycles. The van der Waals surface area contributed by atoms with Crippen LogP contribution >= 0.6 is 0 Å². The Hall–Kier alpha value is -4.06. The Morgan fingerprint density at radius 3 is 2.71 bits per heavy atom. The fraction of sp³-hybridized carbons (Fsp3) is 0.261. The molecule has 0 saturated carbocycles. The van der Waals surface area contributed by atoms with E-state index in [1.165, 1.54) is 12.1 Å². The number of hydrogen-bond donors (Lipinski definition) is 3. The minimum atomic E-state index is -4.58. The highest BCUT2D eigenvalue weighted by molar-refractivity contribution is 5.93. The molecule has 12 heteroatoms. The highest BCUT2D eigenvalue weighted by Gasteiger charge is 2.32. The summed E-state index contributed by atoms with van der Waals surface area (Å²) in [6.45, 7) is 2.13. The van der Waals surface area contributed by atoms with Crippen molar-refractivity contribution in [2.75, 3.05) is 30.3 Å². The quantitative estimate of drug-likeness (QED) is 0.377. The van der Waals surface area contributed by atoms with E-state index in [4.69, 9.17) is 0 Å². The number of nitrogens with zero attached hydrogens (tertiary/aromatic N) is 5. The van der Waals surface area contributed by atoms with Crippen LogP contribution in [0.2, 0.25) is 0 Å². The van der Waals surface area contributed by atoms with E-state index in [2.05, 4.69) is 40.5 Å². The van der Waals surface area contributed by atoms with Gasteiger partial charge in [0.05, 0.1) is 11.9 Å². The average molecular weight is 482 g/mol. The lowest BCUT2D eigenvalue weighted by Crippen LogP contribution is -2.31. The summed E-state index contributed by atoms with van der Waals surface area (Å²) >= 11 is 0. The summed E-state index contributed by atoms with van der Waals surface area (Å²) < 4.78 is 39.4. The van der Waals surface area contributed by atoms with Gasteiger partial charge in [-0.25, -0.2) is 19.9 Å². The van der Waals surface area contributed by atoms with Gasteiger partial charge in [0.1, 0.15) is 28.7 Å². The Morgan fingerprint density at radius 2 is 1.91 bits per heavy atom. The van der Waals surface area contributed by atoms with Gasteiger partial charge in [-0.3, -0.25) is 9.69 Å². The third-order valence-corrected chi connectivity index (χ3v) is 5.54. The van der Waals surface area contributed by atoms with E-state index in [1.54, 1.807) is 30.6 Å². The summed E-state index contributed by atoms with van der Waals surface area (Å²) in [4.78, 5) is 34.0. The van der Waals surface area contributed by atoms with Crippen LogP contribution < -0.4 is 10.6 Å². The van der Waals surface area contributed by atoms with Gasteiger partial charge in [0.25, 0.3) is 0 Å². The molecule has 35 heavy (non-hydrogen) atoms. The van der Waals surface area contributed by atoms with Crippen molar-refractivity contribution in [3.63, 3.8) is 0 Å². The van der Waals surface area contributed by atoms with E-state index in [1.807, 2.05) is 0 Å². The predicted octanol–water partition coefficient (Wildman–Crippen LogP) is 4.21. The first-order chi connectivity index (χ1) is 16.8. The van der Waals surface area contributed by atoms with Gasteiger partial charge in [-0.05, 0) is 50.2 Å². The van der Waals surface area contributed by atoms with Gasteiger partial charge >= 0.3 is 6.18 Å². The number of carbonyl (C=O) groups excluding carboxylic acids is 1. The van der Waals surface area contributed by atoms with E-state index in [0.29, 0.717) is 34.9 Å². The number of halogens is 3.